The average molecular weight is 558 g/mol. The zero-order valence-electron chi connectivity index (χ0n) is 26.0. The van der Waals surface area contributed by atoms with E-state index >= 15 is 0 Å². The van der Waals surface area contributed by atoms with E-state index in [0.29, 0.717) is 6.42 Å². The van der Waals surface area contributed by atoms with Gasteiger partial charge in [-0.3, -0.25) is 9.79 Å². The lowest BCUT2D eigenvalue weighted by Crippen LogP contribution is -2.26. The van der Waals surface area contributed by atoms with Crippen molar-refractivity contribution in [2.45, 2.75) is 136 Å². The number of carbonyl (C=O) groups excluding carboxylic acids is 1. The van der Waals surface area contributed by atoms with Crippen molar-refractivity contribution in [1.82, 2.24) is 0 Å². The topological polar surface area (TPSA) is 49.7 Å². The van der Waals surface area contributed by atoms with Crippen molar-refractivity contribution in [3.63, 3.8) is 0 Å². The summed E-state index contributed by atoms with van der Waals surface area (Å²) >= 11 is 0. The highest BCUT2D eigenvalue weighted by molar-refractivity contribution is 6.04. The van der Waals surface area contributed by atoms with Crippen molar-refractivity contribution in [2.24, 2.45) is 22.7 Å². The van der Waals surface area contributed by atoms with Crippen LogP contribution in [0.2, 0.25) is 0 Å². The van der Waals surface area contributed by atoms with Gasteiger partial charge in [-0.05, 0) is 107 Å². The van der Waals surface area contributed by atoms with Gasteiger partial charge in [-0.15, -0.1) is 0 Å². The molecule has 41 heavy (non-hydrogen) atoms. The first kappa shape index (κ1) is 31.7. The molecule has 4 rings (SSSR count). The predicted molar refractivity (Wildman–Crippen MR) is 173 cm³/mol. The Kier molecular flexibility index (Phi) is 13.1. The van der Waals surface area contributed by atoms with Crippen molar-refractivity contribution in [3.8, 4) is 0 Å². The molecule has 0 amide bonds. The normalized spacial score (nSPS) is 24.4. The maximum atomic E-state index is 13.0. The Hall–Kier alpha value is -2.26. The van der Waals surface area contributed by atoms with Gasteiger partial charge >= 0.3 is 0 Å². The highest BCUT2D eigenvalue weighted by atomic mass is 16.3. The van der Waals surface area contributed by atoms with Gasteiger partial charge in [0.1, 0.15) is 5.78 Å². The third-order valence-corrected chi connectivity index (χ3v) is 9.93. The van der Waals surface area contributed by atoms with Gasteiger partial charge in [0.15, 0.2) is 0 Å². The summed E-state index contributed by atoms with van der Waals surface area (Å²) in [6, 6.07) is 10.5. The van der Waals surface area contributed by atoms with E-state index in [4.69, 9.17) is 4.99 Å². The van der Waals surface area contributed by atoms with E-state index in [1.807, 2.05) is 6.07 Å². The third-order valence-electron chi connectivity index (χ3n) is 9.93. The number of benzene rings is 1. The van der Waals surface area contributed by atoms with E-state index in [9.17, 15) is 9.90 Å². The molecule has 0 spiro atoms. The lowest BCUT2D eigenvalue weighted by molar-refractivity contribution is -0.126. The van der Waals surface area contributed by atoms with Crippen LogP contribution in [0.15, 0.2) is 70.4 Å². The Balaban J connectivity index is 1.20. The van der Waals surface area contributed by atoms with E-state index in [1.54, 1.807) is 12.5 Å². The number of allylic oxidation sites excluding steroid dienone is 5. The van der Waals surface area contributed by atoms with Crippen LogP contribution in [0.25, 0.3) is 0 Å². The zero-order chi connectivity index (χ0) is 28.9. The third kappa shape index (κ3) is 10.2. The van der Waals surface area contributed by atoms with Crippen LogP contribution in [0.1, 0.15) is 129 Å². The van der Waals surface area contributed by atoms with E-state index in [-0.39, 0.29) is 11.7 Å². The van der Waals surface area contributed by atoms with Crippen molar-refractivity contribution in [3.05, 3.63) is 71.0 Å². The first-order chi connectivity index (χ1) is 20.0. The molecule has 0 bridgehead atoms. The van der Waals surface area contributed by atoms with Gasteiger partial charge in [-0.2, -0.15) is 0 Å². The standard InChI is InChI=1S/C38H55NO2/c1-29-14-13-27-39-37(36-24-8-4-7-23-34(29)36)28-33-21-9-17-32(18-10-22-33)20-12-26-38(41)35(30(2)40)25-11-19-31-15-5-3-6-16-31/h3,5-6,13,15-16,24,27,30,32-33,35,40H,4,7-12,14,17-23,25-26,28H2,1-2H3/b27-13+,34-29?,39-37?. The van der Waals surface area contributed by atoms with E-state index < -0.39 is 6.10 Å². The predicted octanol–water partition coefficient (Wildman–Crippen LogP) is 9.90. The summed E-state index contributed by atoms with van der Waals surface area (Å²) in [5.41, 5.74) is 7.25. The molecule has 3 heteroatoms. The molecule has 1 aromatic carbocycles. The number of aliphatic hydroxyl groups excluding tert-OH is 1. The molecule has 1 saturated carbocycles. The van der Waals surface area contributed by atoms with Crippen LogP contribution in [0.5, 0.6) is 0 Å². The number of aliphatic imine (C=N–C) groups is 1. The van der Waals surface area contributed by atoms with Gasteiger partial charge in [0.05, 0.1) is 6.10 Å². The second-order valence-corrected chi connectivity index (χ2v) is 13.2. The van der Waals surface area contributed by atoms with Crippen LogP contribution in [0.4, 0.5) is 0 Å². The molecule has 0 aromatic heterocycles. The lowest BCUT2D eigenvalue weighted by atomic mass is 9.80. The first-order valence-corrected chi connectivity index (χ1v) is 16.9. The maximum Gasteiger partial charge on any atom is 0.138 e. The number of Topliss-reactive ketones (excluding diaryl/α,β-unsaturated/α-hetero) is 1. The molecule has 1 aliphatic heterocycles. The van der Waals surface area contributed by atoms with Gasteiger partial charge in [-0.25, -0.2) is 0 Å². The fraction of sp³-hybridized carbons (Fsp3) is 0.632. The number of aliphatic hydroxyl groups is 1. The van der Waals surface area contributed by atoms with Crippen LogP contribution < -0.4 is 0 Å². The average Bonchev–Trinajstić information content (AvgIpc) is 3.20. The highest BCUT2D eigenvalue weighted by Gasteiger charge is 2.25. The Labute approximate surface area is 250 Å². The Morgan fingerprint density at radius 2 is 1.76 bits per heavy atom. The zero-order valence-corrected chi connectivity index (χ0v) is 26.0. The molecule has 224 valence electrons. The maximum absolute atomic E-state index is 13.0. The largest absolute Gasteiger partial charge is 0.393 e. The summed E-state index contributed by atoms with van der Waals surface area (Å²) in [5.74, 6) is 1.53. The van der Waals surface area contributed by atoms with Gasteiger partial charge in [0.25, 0.3) is 0 Å². The molecular formula is C38H55NO2. The monoisotopic (exact) mass is 557 g/mol. The van der Waals surface area contributed by atoms with Crippen LogP contribution >= 0.6 is 0 Å². The molecule has 2 aliphatic carbocycles. The number of fused-ring (bicyclic) bond motifs is 1. The Bertz CT molecular complexity index is 1070. The molecule has 1 N–H and O–H groups in total. The highest BCUT2D eigenvalue weighted by Crippen LogP contribution is 2.35. The van der Waals surface area contributed by atoms with Crippen molar-refractivity contribution < 1.29 is 9.90 Å². The van der Waals surface area contributed by atoms with E-state index in [0.717, 1.165) is 56.8 Å². The minimum atomic E-state index is -0.557. The smallest absolute Gasteiger partial charge is 0.138 e. The number of ketones is 1. The van der Waals surface area contributed by atoms with Gasteiger partial charge < -0.3 is 5.11 Å². The minimum Gasteiger partial charge on any atom is -0.393 e. The fourth-order valence-electron chi connectivity index (χ4n) is 7.45. The summed E-state index contributed by atoms with van der Waals surface area (Å²) in [7, 11) is 0. The van der Waals surface area contributed by atoms with Gasteiger partial charge in [0, 0.05) is 24.3 Å². The number of hydrogen-bond acceptors (Lipinski definition) is 3. The molecular weight excluding hydrogens is 502 g/mol. The second-order valence-electron chi connectivity index (χ2n) is 13.2. The number of aryl methyl sites for hydroxylation is 1. The van der Waals surface area contributed by atoms with E-state index in [2.05, 4.69) is 49.5 Å². The van der Waals surface area contributed by atoms with Crippen molar-refractivity contribution in [1.29, 1.82) is 0 Å². The molecule has 2 unspecified atom stereocenters. The number of rotatable bonds is 12. The Morgan fingerprint density at radius 3 is 2.51 bits per heavy atom. The summed E-state index contributed by atoms with van der Waals surface area (Å²) < 4.78 is 0. The molecule has 1 heterocycles. The van der Waals surface area contributed by atoms with Crippen LogP contribution in [-0.2, 0) is 11.2 Å². The lowest BCUT2D eigenvalue weighted by Gasteiger charge is -2.26. The molecule has 1 aromatic rings. The molecule has 0 saturated heterocycles. The summed E-state index contributed by atoms with van der Waals surface area (Å²) in [6.07, 6.45) is 26.6. The van der Waals surface area contributed by atoms with Crippen molar-refractivity contribution in [2.75, 3.05) is 0 Å². The number of carbonyl (C=O) groups is 1. The SMILES string of the molecule is CC1=C2CCCCC=C2C(CC2CCCC(CCCC(=O)C(CCCc3ccccc3)C(C)O)CCC2)=N/C=C/C1. The molecule has 1 fully saturated rings. The summed E-state index contributed by atoms with van der Waals surface area (Å²) in [6.45, 7) is 4.11. The number of nitrogens with zero attached hydrogens (tertiary/aromatic N) is 1. The van der Waals surface area contributed by atoms with Gasteiger partial charge in [-0.1, -0.05) is 93.0 Å². The second kappa shape index (κ2) is 17.0. The number of hydrogen-bond donors (Lipinski definition) is 1. The van der Waals surface area contributed by atoms with E-state index in [1.165, 1.54) is 86.6 Å². The van der Waals surface area contributed by atoms with Crippen LogP contribution in [0.3, 0.4) is 0 Å². The summed E-state index contributed by atoms with van der Waals surface area (Å²) in [4.78, 5) is 18.0. The van der Waals surface area contributed by atoms with Crippen LogP contribution in [-0.4, -0.2) is 22.7 Å². The molecule has 3 nitrogen and oxygen atoms in total. The molecule has 0 radical (unpaired) electrons. The first-order valence-electron chi connectivity index (χ1n) is 16.9. The molecule has 3 aliphatic rings. The summed E-state index contributed by atoms with van der Waals surface area (Å²) in [5, 5.41) is 10.3. The molecule has 2 atom stereocenters. The minimum absolute atomic E-state index is 0.217. The fourth-order valence-corrected chi connectivity index (χ4v) is 7.45. The Morgan fingerprint density at radius 1 is 1.00 bits per heavy atom. The quantitative estimate of drug-likeness (QED) is 0.278. The van der Waals surface area contributed by atoms with Crippen molar-refractivity contribution >= 4 is 11.5 Å². The van der Waals surface area contributed by atoms with Gasteiger partial charge in [0.2, 0.25) is 0 Å². The van der Waals surface area contributed by atoms with Crippen LogP contribution in [0, 0.1) is 17.8 Å².